The van der Waals surface area contributed by atoms with E-state index in [4.69, 9.17) is 9.84 Å². The summed E-state index contributed by atoms with van der Waals surface area (Å²) in [6.45, 7) is 4.09. The fourth-order valence-corrected chi connectivity index (χ4v) is 3.15. The number of aliphatic carboxylic acids is 1. The third kappa shape index (κ3) is 5.92. The van der Waals surface area contributed by atoms with Crippen molar-refractivity contribution in [1.82, 2.24) is 9.55 Å². The van der Waals surface area contributed by atoms with Gasteiger partial charge in [0.1, 0.15) is 5.75 Å². The number of carboxylic acid groups (broad SMARTS) is 1. The number of nitrogens with zero attached hydrogens (tertiary/aromatic N) is 2. The summed E-state index contributed by atoms with van der Waals surface area (Å²) in [4.78, 5) is 28.1. The zero-order valence-electron chi connectivity index (χ0n) is 17.7. The van der Waals surface area contributed by atoms with Gasteiger partial charge in [-0.3, -0.25) is 4.79 Å². The number of ketones is 1. The summed E-state index contributed by atoms with van der Waals surface area (Å²) in [6, 6.07) is 14.9. The molecule has 0 bridgehead atoms. The van der Waals surface area contributed by atoms with Gasteiger partial charge < -0.3 is 14.4 Å². The largest absolute Gasteiger partial charge is 0.479 e. The lowest BCUT2D eigenvalue weighted by Gasteiger charge is -2.10. The smallest absolute Gasteiger partial charge is 0.344 e. The van der Waals surface area contributed by atoms with Crippen LogP contribution in [0.5, 0.6) is 5.75 Å². The van der Waals surface area contributed by atoms with Gasteiger partial charge in [0.25, 0.3) is 0 Å². The number of carboxylic acids is 1. The predicted molar refractivity (Wildman–Crippen MR) is 119 cm³/mol. The van der Waals surface area contributed by atoms with Crippen LogP contribution in [0.15, 0.2) is 67.0 Å². The average Bonchev–Trinajstić information content (AvgIpc) is 3.23. The van der Waals surface area contributed by atoms with Gasteiger partial charge in [-0.2, -0.15) is 0 Å². The summed E-state index contributed by atoms with van der Waals surface area (Å²) in [5.41, 5.74) is 2.71. The molecule has 6 heteroatoms. The Labute approximate surface area is 181 Å². The zero-order valence-corrected chi connectivity index (χ0v) is 17.7. The number of rotatable bonds is 10. The Hall–Kier alpha value is -3.67. The van der Waals surface area contributed by atoms with Gasteiger partial charge in [-0.15, -0.1) is 0 Å². The van der Waals surface area contributed by atoms with Gasteiger partial charge in [0.2, 0.25) is 5.78 Å². The van der Waals surface area contributed by atoms with E-state index in [1.807, 2.05) is 42.5 Å². The quantitative estimate of drug-likeness (QED) is 0.486. The Kier molecular flexibility index (Phi) is 7.38. The first-order valence-electron chi connectivity index (χ1n) is 10.3. The maximum atomic E-state index is 12.9. The molecule has 0 spiro atoms. The maximum absolute atomic E-state index is 12.9. The minimum absolute atomic E-state index is 0.112. The molecule has 0 saturated carbocycles. The molecule has 0 aliphatic heterocycles. The molecule has 31 heavy (non-hydrogen) atoms. The topological polar surface area (TPSA) is 81.4 Å². The minimum Gasteiger partial charge on any atom is -0.479 e. The monoisotopic (exact) mass is 418 g/mol. The van der Waals surface area contributed by atoms with Gasteiger partial charge >= 0.3 is 5.97 Å². The highest BCUT2D eigenvalue weighted by Gasteiger charge is 2.15. The number of carbonyl (C=O) groups excluding carboxylic acids is 1. The van der Waals surface area contributed by atoms with Crippen LogP contribution in [0.2, 0.25) is 0 Å². The fourth-order valence-electron chi connectivity index (χ4n) is 3.15. The van der Waals surface area contributed by atoms with Crippen LogP contribution in [0, 0.1) is 0 Å². The first kappa shape index (κ1) is 22.0. The molecule has 0 amide bonds. The maximum Gasteiger partial charge on any atom is 0.344 e. The van der Waals surface area contributed by atoms with Gasteiger partial charge in [0.15, 0.2) is 11.9 Å². The van der Waals surface area contributed by atoms with Gasteiger partial charge in [-0.05, 0) is 36.6 Å². The molecule has 6 nitrogen and oxygen atoms in total. The second-order valence-corrected chi connectivity index (χ2v) is 7.25. The highest BCUT2D eigenvalue weighted by Crippen LogP contribution is 2.17. The Balaban J connectivity index is 1.67. The Morgan fingerprint density at radius 3 is 2.68 bits per heavy atom. The van der Waals surface area contributed by atoms with E-state index in [0.29, 0.717) is 23.7 Å². The molecule has 2 aromatic carbocycles. The van der Waals surface area contributed by atoms with Crippen molar-refractivity contribution in [2.24, 2.45) is 0 Å². The summed E-state index contributed by atoms with van der Waals surface area (Å²) in [6.07, 6.45) is 8.35. The van der Waals surface area contributed by atoms with Crippen LogP contribution in [0.25, 0.3) is 6.08 Å². The number of aromatic nitrogens is 2. The molecule has 3 aromatic rings. The van der Waals surface area contributed by atoms with E-state index < -0.39 is 12.1 Å². The highest BCUT2D eigenvalue weighted by molar-refractivity contribution is 6.06. The number of ether oxygens (including phenoxy) is 1. The molecule has 1 N–H and O–H groups in total. The van der Waals surface area contributed by atoms with E-state index in [1.54, 1.807) is 35.2 Å². The van der Waals surface area contributed by atoms with E-state index in [0.717, 1.165) is 18.4 Å². The third-order valence-corrected chi connectivity index (χ3v) is 4.80. The lowest BCUT2D eigenvalue weighted by Crippen LogP contribution is -2.22. The van der Waals surface area contributed by atoms with Crippen LogP contribution in [0.3, 0.4) is 0 Å². The molecule has 0 aliphatic rings. The van der Waals surface area contributed by atoms with E-state index in [1.165, 1.54) is 12.5 Å². The summed E-state index contributed by atoms with van der Waals surface area (Å²) < 4.78 is 7.20. The molecule has 0 aliphatic carbocycles. The van der Waals surface area contributed by atoms with E-state index in [2.05, 4.69) is 11.9 Å². The standard InChI is InChI=1S/C25H26N2O4/c1-3-6-19-10-12-21(13-11-19)23(28)24-26-14-16-27(24)15-5-8-20-7-4-9-22(17-20)31-18(2)25(29)30/h4-5,7-14,16-18H,3,6,15H2,1-2H3,(H,29,30)/b8-5+/t18-/m0/s1. The van der Waals surface area contributed by atoms with Crippen LogP contribution < -0.4 is 4.74 Å². The zero-order chi connectivity index (χ0) is 22.2. The van der Waals surface area contributed by atoms with E-state index in [9.17, 15) is 9.59 Å². The Morgan fingerprint density at radius 1 is 1.19 bits per heavy atom. The van der Waals surface area contributed by atoms with Crippen molar-refractivity contribution in [3.8, 4) is 5.75 Å². The molecule has 0 radical (unpaired) electrons. The van der Waals surface area contributed by atoms with Crippen LogP contribution in [-0.2, 0) is 17.8 Å². The summed E-state index contributed by atoms with van der Waals surface area (Å²) >= 11 is 0. The van der Waals surface area contributed by atoms with Crippen LogP contribution in [-0.4, -0.2) is 32.5 Å². The summed E-state index contributed by atoms with van der Waals surface area (Å²) in [5, 5.41) is 8.98. The number of imidazole rings is 1. The van der Waals surface area contributed by atoms with Gasteiger partial charge in [-0.25, -0.2) is 9.78 Å². The number of allylic oxidation sites excluding steroid dienone is 1. The lowest BCUT2D eigenvalue weighted by atomic mass is 10.1. The van der Waals surface area contributed by atoms with Crippen molar-refractivity contribution >= 4 is 17.8 Å². The molecule has 1 aromatic heterocycles. The summed E-state index contributed by atoms with van der Waals surface area (Å²) in [7, 11) is 0. The molecule has 0 unspecified atom stereocenters. The third-order valence-electron chi connectivity index (χ3n) is 4.80. The second kappa shape index (κ2) is 10.4. The van der Waals surface area contributed by atoms with Crippen LogP contribution in [0.4, 0.5) is 0 Å². The molecule has 1 atom stereocenters. The number of aryl methyl sites for hydroxylation is 1. The Bertz CT molecular complexity index is 1070. The highest BCUT2D eigenvalue weighted by atomic mass is 16.5. The van der Waals surface area contributed by atoms with Crippen molar-refractivity contribution in [3.05, 3.63) is 89.5 Å². The van der Waals surface area contributed by atoms with Crippen molar-refractivity contribution < 1.29 is 19.4 Å². The minimum atomic E-state index is -1.02. The van der Waals surface area contributed by atoms with Crippen molar-refractivity contribution in [2.45, 2.75) is 39.3 Å². The Morgan fingerprint density at radius 2 is 1.97 bits per heavy atom. The summed E-state index contributed by atoms with van der Waals surface area (Å²) in [5.74, 6) is -0.250. The lowest BCUT2D eigenvalue weighted by molar-refractivity contribution is -0.144. The molecule has 3 rings (SSSR count). The van der Waals surface area contributed by atoms with Gasteiger partial charge in [0, 0.05) is 24.5 Å². The normalized spacial score (nSPS) is 12.1. The number of benzene rings is 2. The first-order valence-corrected chi connectivity index (χ1v) is 10.3. The molecule has 160 valence electrons. The van der Waals surface area contributed by atoms with E-state index >= 15 is 0 Å². The molecule has 0 fully saturated rings. The van der Waals surface area contributed by atoms with Crippen molar-refractivity contribution in [1.29, 1.82) is 0 Å². The van der Waals surface area contributed by atoms with Crippen LogP contribution >= 0.6 is 0 Å². The first-order chi connectivity index (χ1) is 15.0. The van der Waals surface area contributed by atoms with Crippen molar-refractivity contribution in [3.63, 3.8) is 0 Å². The number of hydrogen-bond donors (Lipinski definition) is 1. The fraction of sp³-hybridized carbons (Fsp3) is 0.240. The molecule has 0 saturated heterocycles. The SMILES string of the molecule is CCCc1ccc(C(=O)c2nccn2C/C=C/c2cccc(O[C@@H](C)C(=O)O)c2)cc1. The second-order valence-electron chi connectivity index (χ2n) is 7.25. The van der Waals surface area contributed by atoms with Crippen LogP contribution in [0.1, 0.15) is 47.6 Å². The average molecular weight is 418 g/mol. The van der Waals surface area contributed by atoms with Gasteiger partial charge in [0.05, 0.1) is 0 Å². The predicted octanol–water partition coefficient (Wildman–Crippen LogP) is 4.63. The molecule has 1 heterocycles. The number of carbonyl (C=O) groups is 2. The number of hydrogen-bond acceptors (Lipinski definition) is 4. The van der Waals surface area contributed by atoms with Gasteiger partial charge in [-0.1, -0.05) is 61.9 Å². The molecular formula is C25H26N2O4. The molecular weight excluding hydrogens is 392 g/mol. The van der Waals surface area contributed by atoms with Crippen molar-refractivity contribution in [2.75, 3.05) is 0 Å². The van der Waals surface area contributed by atoms with E-state index in [-0.39, 0.29) is 5.78 Å².